The van der Waals surface area contributed by atoms with E-state index < -0.39 is 0 Å². The van der Waals surface area contributed by atoms with E-state index in [4.69, 9.17) is 4.74 Å². The Morgan fingerprint density at radius 3 is 2.73 bits per heavy atom. The van der Waals surface area contributed by atoms with Crippen molar-refractivity contribution in [2.24, 2.45) is 5.92 Å². The summed E-state index contributed by atoms with van der Waals surface area (Å²) in [5, 5.41) is 0. The van der Waals surface area contributed by atoms with Crippen LogP contribution in [0.4, 0.5) is 0 Å². The summed E-state index contributed by atoms with van der Waals surface area (Å²) < 4.78 is 5.11. The summed E-state index contributed by atoms with van der Waals surface area (Å²) in [5.41, 5.74) is 1.86. The molecule has 2 rings (SSSR count). The molecule has 0 heterocycles. The van der Waals surface area contributed by atoms with Crippen molar-refractivity contribution in [1.29, 1.82) is 0 Å². The van der Waals surface area contributed by atoms with Gasteiger partial charge in [0.05, 0.1) is 7.11 Å². The molecule has 0 radical (unpaired) electrons. The van der Waals surface area contributed by atoms with Gasteiger partial charge in [0, 0.05) is 12.0 Å². The third kappa shape index (κ3) is 2.38. The van der Waals surface area contributed by atoms with Gasteiger partial charge in [0.1, 0.15) is 5.75 Å². The van der Waals surface area contributed by atoms with Crippen molar-refractivity contribution in [3.05, 3.63) is 29.3 Å². The number of methoxy groups -OCH3 is 1. The third-order valence-corrected chi connectivity index (χ3v) is 2.90. The Kier molecular flexibility index (Phi) is 2.76. The number of Topliss-reactive ketones (excluding diaryl/α,β-unsaturated/α-hetero) is 1. The van der Waals surface area contributed by atoms with E-state index in [-0.39, 0.29) is 5.78 Å². The van der Waals surface area contributed by atoms with Gasteiger partial charge in [0.25, 0.3) is 0 Å². The monoisotopic (exact) mass is 204 g/mol. The summed E-state index contributed by atoms with van der Waals surface area (Å²) in [5.74, 6) is 1.74. The zero-order valence-electron chi connectivity index (χ0n) is 9.25. The minimum Gasteiger partial charge on any atom is -0.497 e. The first kappa shape index (κ1) is 10.2. The lowest BCUT2D eigenvalue weighted by Gasteiger charge is -2.06. The van der Waals surface area contributed by atoms with Crippen molar-refractivity contribution < 1.29 is 9.53 Å². The minimum absolute atomic E-state index is 0.276. The third-order valence-electron chi connectivity index (χ3n) is 2.90. The molecular formula is C13H16O2. The molecule has 2 nitrogen and oxygen atoms in total. The molecule has 1 fully saturated rings. The molecule has 1 aliphatic rings. The average molecular weight is 204 g/mol. The normalized spacial score (nSPS) is 15.1. The number of ether oxygens (including phenoxy) is 1. The molecule has 0 aliphatic heterocycles. The first-order valence-electron chi connectivity index (χ1n) is 5.38. The molecule has 0 spiro atoms. The van der Waals surface area contributed by atoms with Crippen LogP contribution in [0.25, 0.3) is 0 Å². The van der Waals surface area contributed by atoms with Gasteiger partial charge in [-0.25, -0.2) is 0 Å². The average Bonchev–Trinajstić information content (AvgIpc) is 3.01. The van der Waals surface area contributed by atoms with E-state index in [9.17, 15) is 4.79 Å². The summed E-state index contributed by atoms with van der Waals surface area (Å²) in [7, 11) is 1.64. The van der Waals surface area contributed by atoms with E-state index >= 15 is 0 Å². The largest absolute Gasteiger partial charge is 0.497 e. The maximum atomic E-state index is 11.9. The minimum atomic E-state index is 0.276. The molecule has 0 saturated heterocycles. The number of hydrogen-bond donors (Lipinski definition) is 0. The van der Waals surface area contributed by atoms with Crippen LogP contribution in [0, 0.1) is 12.8 Å². The van der Waals surface area contributed by atoms with Crippen molar-refractivity contribution in [1.82, 2.24) is 0 Å². The fourth-order valence-electron chi connectivity index (χ4n) is 1.77. The van der Waals surface area contributed by atoms with Crippen LogP contribution < -0.4 is 4.74 Å². The highest BCUT2D eigenvalue weighted by Crippen LogP contribution is 2.34. The van der Waals surface area contributed by atoms with Crippen LogP contribution in [-0.4, -0.2) is 12.9 Å². The molecule has 0 aromatic heterocycles. The SMILES string of the molecule is COc1ccc(C(=O)CC2CC2)c(C)c1. The number of carbonyl (C=O) groups excluding carboxylic acids is 1. The molecule has 2 heteroatoms. The number of aryl methyl sites for hydroxylation is 1. The predicted molar refractivity (Wildman–Crippen MR) is 59.4 cm³/mol. The smallest absolute Gasteiger partial charge is 0.163 e. The van der Waals surface area contributed by atoms with Gasteiger partial charge in [-0.15, -0.1) is 0 Å². The summed E-state index contributed by atoms with van der Waals surface area (Å²) >= 11 is 0. The van der Waals surface area contributed by atoms with Crippen LogP contribution in [-0.2, 0) is 0 Å². The van der Waals surface area contributed by atoms with Gasteiger partial charge in [0.15, 0.2) is 5.78 Å². The lowest BCUT2D eigenvalue weighted by molar-refractivity contribution is 0.0975. The highest BCUT2D eigenvalue weighted by molar-refractivity contribution is 5.97. The van der Waals surface area contributed by atoms with Gasteiger partial charge in [0.2, 0.25) is 0 Å². The van der Waals surface area contributed by atoms with Crippen molar-refractivity contribution in [3.8, 4) is 5.75 Å². The fourth-order valence-corrected chi connectivity index (χ4v) is 1.77. The molecule has 0 bridgehead atoms. The van der Waals surface area contributed by atoms with Gasteiger partial charge in [-0.3, -0.25) is 4.79 Å². The number of rotatable bonds is 4. The Hall–Kier alpha value is -1.31. The summed E-state index contributed by atoms with van der Waals surface area (Å²) in [4.78, 5) is 11.9. The van der Waals surface area contributed by atoms with Crippen LogP contribution in [0.2, 0.25) is 0 Å². The Morgan fingerprint density at radius 1 is 1.47 bits per heavy atom. The van der Waals surface area contributed by atoms with E-state index in [1.165, 1.54) is 12.8 Å². The molecule has 80 valence electrons. The number of carbonyl (C=O) groups is 1. The maximum absolute atomic E-state index is 11.9. The highest BCUT2D eigenvalue weighted by atomic mass is 16.5. The van der Waals surface area contributed by atoms with Gasteiger partial charge in [-0.1, -0.05) is 0 Å². The number of hydrogen-bond acceptors (Lipinski definition) is 2. The quantitative estimate of drug-likeness (QED) is 0.705. The first-order valence-corrected chi connectivity index (χ1v) is 5.38. The van der Waals surface area contributed by atoms with Crippen molar-refractivity contribution in [2.45, 2.75) is 26.2 Å². The molecular weight excluding hydrogens is 188 g/mol. The van der Waals surface area contributed by atoms with E-state index in [2.05, 4.69) is 0 Å². The summed E-state index contributed by atoms with van der Waals surface area (Å²) in [6, 6.07) is 5.64. The van der Waals surface area contributed by atoms with Gasteiger partial charge < -0.3 is 4.74 Å². The second-order valence-electron chi connectivity index (χ2n) is 4.25. The summed E-state index contributed by atoms with van der Waals surface area (Å²) in [6.07, 6.45) is 3.16. The predicted octanol–water partition coefficient (Wildman–Crippen LogP) is 2.99. The second kappa shape index (κ2) is 4.05. The standard InChI is InChI=1S/C13H16O2/c1-9-7-11(15-2)5-6-12(9)13(14)8-10-3-4-10/h5-7,10H,3-4,8H2,1-2H3. The van der Waals surface area contributed by atoms with E-state index in [0.717, 1.165) is 16.9 Å². The second-order valence-corrected chi connectivity index (χ2v) is 4.25. The van der Waals surface area contributed by atoms with Crippen LogP contribution in [0.15, 0.2) is 18.2 Å². The van der Waals surface area contributed by atoms with Crippen molar-refractivity contribution >= 4 is 5.78 Å². The zero-order valence-corrected chi connectivity index (χ0v) is 9.25. The molecule has 0 atom stereocenters. The van der Waals surface area contributed by atoms with Gasteiger partial charge >= 0.3 is 0 Å². The van der Waals surface area contributed by atoms with E-state index in [0.29, 0.717) is 12.3 Å². The summed E-state index contributed by atoms with van der Waals surface area (Å²) in [6.45, 7) is 1.96. The Labute approximate surface area is 90.3 Å². The van der Waals surface area contributed by atoms with Crippen LogP contribution >= 0.6 is 0 Å². The first-order chi connectivity index (χ1) is 7.20. The molecule has 15 heavy (non-hydrogen) atoms. The maximum Gasteiger partial charge on any atom is 0.163 e. The van der Waals surface area contributed by atoms with E-state index in [1.807, 2.05) is 25.1 Å². The Balaban J connectivity index is 2.15. The molecule has 1 aliphatic carbocycles. The van der Waals surface area contributed by atoms with Crippen molar-refractivity contribution in [3.63, 3.8) is 0 Å². The molecule has 0 amide bonds. The van der Waals surface area contributed by atoms with E-state index in [1.54, 1.807) is 7.11 Å². The molecule has 1 saturated carbocycles. The number of ketones is 1. The molecule has 1 aromatic carbocycles. The number of benzene rings is 1. The Morgan fingerprint density at radius 2 is 2.20 bits per heavy atom. The Bertz CT molecular complexity index is 378. The van der Waals surface area contributed by atoms with Crippen LogP contribution in [0.1, 0.15) is 35.2 Å². The lowest BCUT2D eigenvalue weighted by atomic mass is 10.0. The van der Waals surface area contributed by atoms with Gasteiger partial charge in [-0.05, 0) is 49.4 Å². The highest BCUT2D eigenvalue weighted by Gasteiger charge is 2.25. The van der Waals surface area contributed by atoms with Crippen LogP contribution in [0.3, 0.4) is 0 Å². The lowest BCUT2D eigenvalue weighted by Crippen LogP contribution is -2.02. The zero-order chi connectivity index (χ0) is 10.8. The van der Waals surface area contributed by atoms with Crippen molar-refractivity contribution in [2.75, 3.05) is 7.11 Å². The molecule has 1 aromatic rings. The topological polar surface area (TPSA) is 26.3 Å². The van der Waals surface area contributed by atoms with Crippen LogP contribution in [0.5, 0.6) is 5.75 Å². The molecule has 0 unspecified atom stereocenters. The molecule has 0 N–H and O–H groups in total. The van der Waals surface area contributed by atoms with Gasteiger partial charge in [-0.2, -0.15) is 0 Å². The fraction of sp³-hybridized carbons (Fsp3) is 0.462.